The average Bonchev–Trinajstić information content (AvgIpc) is 2.91. The molecule has 1 nitrogen and oxygen atoms in total. The molecule has 0 fully saturated rings. The highest BCUT2D eigenvalue weighted by Gasteiger charge is 2.51. The van der Waals surface area contributed by atoms with Gasteiger partial charge in [0.1, 0.15) is 32.1 Å². The molecule has 0 unspecified atom stereocenters. The Morgan fingerprint density at radius 3 is 1.38 bits per heavy atom. The van der Waals surface area contributed by atoms with Crippen molar-refractivity contribution >= 4 is 44.2 Å². The van der Waals surface area contributed by atoms with Crippen molar-refractivity contribution in [2.75, 3.05) is 0 Å². The van der Waals surface area contributed by atoms with Gasteiger partial charge < -0.3 is 4.48 Å². The summed E-state index contributed by atoms with van der Waals surface area (Å²) in [5.74, 6) is -21.9. The van der Waals surface area contributed by atoms with E-state index in [1.165, 1.54) is 37.8 Å². The van der Waals surface area contributed by atoms with Gasteiger partial charge in [-0.05, 0) is 22.8 Å². The van der Waals surface area contributed by atoms with Crippen molar-refractivity contribution in [2.24, 2.45) is 0 Å². The highest BCUT2D eigenvalue weighted by atomic mass is 35.5. The zero-order valence-corrected chi connectivity index (χ0v) is 25.8. The highest BCUT2D eigenvalue weighted by molar-refractivity contribution is 7.32. The van der Waals surface area contributed by atoms with Crippen LogP contribution in [-0.4, -0.2) is 21.8 Å². The first kappa shape index (κ1) is 33.5. The molecule has 224 valence electrons. The smallest absolute Gasteiger partial charge is 0.405 e. The minimum Gasteiger partial charge on any atom is -0.405 e. The van der Waals surface area contributed by atoms with Crippen LogP contribution in [0.15, 0.2) is 35.8 Å². The van der Waals surface area contributed by atoms with Crippen molar-refractivity contribution in [2.45, 2.75) is 39.3 Å². The van der Waals surface area contributed by atoms with Gasteiger partial charge in [0.25, 0.3) is 0 Å². The fourth-order valence-corrected chi connectivity index (χ4v) is 7.14. The van der Waals surface area contributed by atoms with Crippen LogP contribution in [0, 0.1) is 69.6 Å². The van der Waals surface area contributed by atoms with Gasteiger partial charge in [0.15, 0.2) is 40.7 Å². The summed E-state index contributed by atoms with van der Waals surface area (Å²) in [6, 6.07) is 3.79. The Bertz CT molecular complexity index is 1620. The zero-order chi connectivity index (χ0) is 32.1. The number of pyridine rings is 1. The number of rotatable bonds is 5. The van der Waals surface area contributed by atoms with Gasteiger partial charge in [-0.25, -0.2) is 43.9 Å². The van der Waals surface area contributed by atoms with Gasteiger partial charge in [0, 0.05) is 5.56 Å². The maximum Gasteiger partial charge on any atom is 0.423 e. The monoisotopic (exact) mass is 653 g/mol. The van der Waals surface area contributed by atoms with Crippen molar-refractivity contribution < 1.29 is 48.4 Å². The average molecular weight is 654 g/mol. The quantitative estimate of drug-likeness (QED) is 0.0881. The number of nitrogens with zero attached hydrogens (tertiary/aromatic N) is 1. The van der Waals surface area contributed by atoms with E-state index in [0.29, 0.717) is 4.48 Å². The molecule has 2 aromatic carbocycles. The predicted octanol–water partition coefficient (Wildman–Crippen LogP) is 7.55. The molecule has 3 aromatic rings. The minimum atomic E-state index is -4.34. The maximum atomic E-state index is 15.6. The van der Waals surface area contributed by atoms with Crippen molar-refractivity contribution in [3.05, 3.63) is 99.5 Å². The summed E-state index contributed by atoms with van der Waals surface area (Å²) in [7, 11) is -5.61. The van der Waals surface area contributed by atoms with Crippen molar-refractivity contribution in [1.29, 1.82) is 0 Å². The molecule has 0 saturated carbocycles. The van der Waals surface area contributed by atoms with Gasteiger partial charge in [0.05, 0.1) is 8.07 Å². The van der Waals surface area contributed by atoms with Crippen LogP contribution >= 0.6 is 11.5 Å². The Hall–Kier alpha value is -3.02. The van der Waals surface area contributed by atoms with Crippen LogP contribution in [0.5, 0.6) is 0 Å². The van der Waals surface area contributed by atoms with E-state index in [-0.39, 0.29) is 5.20 Å². The second-order valence-electron chi connectivity index (χ2n) is 11.5. The van der Waals surface area contributed by atoms with Gasteiger partial charge >= 0.3 is 5.70 Å². The lowest BCUT2D eigenvalue weighted by molar-refractivity contribution is -0.537. The van der Waals surface area contributed by atoms with Crippen molar-refractivity contribution in [3.8, 4) is 11.5 Å². The number of allylic oxidation sites excluding steroid dienone is 1. The summed E-state index contributed by atoms with van der Waals surface area (Å²) < 4.78 is 150. The lowest BCUT2D eigenvalue weighted by Gasteiger charge is -2.37. The molecule has 42 heavy (non-hydrogen) atoms. The summed E-state index contributed by atoms with van der Waals surface area (Å²) in [5.41, 5.74) is -6.00. The first-order valence-electron chi connectivity index (χ1n) is 12.3. The Labute approximate surface area is 242 Å². The molecule has 0 spiro atoms. The molecule has 0 aliphatic rings. The molecule has 15 heteroatoms. The van der Waals surface area contributed by atoms with E-state index in [2.05, 4.69) is 11.5 Å². The third-order valence-electron chi connectivity index (χ3n) is 6.22. The fourth-order valence-electron chi connectivity index (χ4n) is 4.31. The van der Waals surface area contributed by atoms with Gasteiger partial charge in [-0.3, -0.25) is 11.5 Å². The van der Waals surface area contributed by atoms with Gasteiger partial charge in [-0.15, -0.1) is 5.54 Å². The van der Waals surface area contributed by atoms with E-state index < -0.39 is 96.5 Å². The van der Waals surface area contributed by atoms with Crippen molar-refractivity contribution in [1.82, 2.24) is 0 Å². The molecular formula is C27H23BClF10NSi2. The van der Waals surface area contributed by atoms with Crippen LogP contribution in [0.1, 0.15) is 5.56 Å². The third kappa shape index (κ3) is 5.78. The molecule has 0 N–H and O–H groups in total. The molecule has 0 aliphatic carbocycles. The number of aromatic nitrogens is 1. The van der Waals surface area contributed by atoms with Crippen LogP contribution in [0.2, 0.25) is 39.3 Å². The van der Waals surface area contributed by atoms with Gasteiger partial charge in [-0.2, -0.15) is 0 Å². The summed E-state index contributed by atoms with van der Waals surface area (Å²) in [5, 5.41) is -0.330. The number of hydrogen-bond donors (Lipinski definition) is 0. The van der Waals surface area contributed by atoms with Gasteiger partial charge in [0.2, 0.25) is 5.82 Å². The SMILES string of the molecule is C[Si](C)(C)C#C/C(=C(\c1c(F)c(F)c(F)c(F)c1F)[B@-](Cl)(c1c(F)c(F)c(F)c(F)c1F)[n+]1ccccc1)[Si](C)(C)C. The molecule has 1 aromatic heterocycles. The molecule has 1 atom stereocenters. The summed E-state index contributed by atoms with van der Waals surface area (Å²) in [4.78, 5) is 0. The Balaban J connectivity index is 2.88. The van der Waals surface area contributed by atoms with E-state index in [0.717, 1.165) is 12.4 Å². The third-order valence-corrected chi connectivity index (χ3v) is 9.65. The minimum absolute atomic E-state index is 0.330. The topological polar surface area (TPSA) is 3.88 Å². The zero-order valence-electron chi connectivity index (χ0n) is 23.1. The van der Waals surface area contributed by atoms with E-state index in [1.807, 2.05) is 0 Å². The van der Waals surface area contributed by atoms with E-state index in [4.69, 9.17) is 11.5 Å². The molecule has 0 bridgehead atoms. The standard InChI is InChI=1S/C27H23BClF10NSi2/c1-41(2,3)13-10-14(42(4,5)6)16(15-18(30)22(34)26(38)23(35)19(15)31)28(29,40-11-8-7-9-12-40)17-20(32)24(36)27(39)25(37)21(17)33/h7-9,11-12H,1-6H3/b16-14-/t28-/m1/s1. The van der Waals surface area contributed by atoms with E-state index >= 15 is 17.6 Å². The second-order valence-corrected chi connectivity index (χ2v) is 21.9. The maximum absolute atomic E-state index is 15.6. The largest absolute Gasteiger partial charge is 0.423 e. The second kappa shape index (κ2) is 11.6. The molecule has 0 saturated heterocycles. The van der Waals surface area contributed by atoms with Crippen LogP contribution in [0.25, 0.3) is 5.47 Å². The first-order chi connectivity index (χ1) is 19.2. The lowest BCUT2D eigenvalue weighted by Crippen LogP contribution is -2.71. The molecule has 1 heterocycles. The molecule has 0 aliphatic heterocycles. The van der Waals surface area contributed by atoms with Crippen LogP contribution in [-0.2, 0) is 0 Å². The van der Waals surface area contributed by atoms with Crippen LogP contribution in [0.4, 0.5) is 43.9 Å². The summed E-state index contributed by atoms with van der Waals surface area (Å²) in [6.45, 7) is 9.89. The Kier molecular flexibility index (Phi) is 9.23. The van der Waals surface area contributed by atoms with Gasteiger partial charge in [-0.1, -0.05) is 56.7 Å². The lowest BCUT2D eigenvalue weighted by atomic mass is 9.45. The molecule has 0 radical (unpaired) electrons. The Morgan fingerprint density at radius 1 is 0.619 bits per heavy atom. The Morgan fingerprint density at radius 2 is 1.00 bits per heavy atom. The van der Waals surface area contributed by atoms with E-state index in [9.17, 15) is 26.3 Å². The highest BCUT2D eigenvalue weighted by Crippen LogP contribution is 2.40. The van der Waals surface area contributed by atoms with Crippen molar-refractivity contribution in [3.63, 3.8) is 0 Å². The number of benzene rings is 2. The molecule has 3 rings (SSSR count). The normalized spacial score (nSPS) is 14.2. The number of hydrogen-bond acceptors (Lipinski definition) is 0. The van der Waals surface area contributed by atoms with Crippen LogP contribution in [0.3, 0.4) is 0 Å². The predicted molar refractivity (Wildman–Crippen MR) is 147 cm³/mol. The van der Waals surface area contributed by atoms with Crippen LogP contribution < -0.4 is 9.94 Å². The first-order valence-corrected chi connectivity index (χ1v) is 19.7. The summed E-state index contributed by atoms with van der Waals surface area (Å²) in [6.07, 6.45) is 1.98. The summed E-state index contributed by atoms with van der Waals surface area (Å²) >= 11 is 6.96. The molecule has 0 amide bonds. The van der Waals surface area contributed by atoms with E-state index in [1.54, 1.807) is 19.6 Å². The fraction of sp³-hybridized carbons (Fsp3) is 0.222. The number of halogens is 11. The molecular weight excluding hydrogens is 631 g/mol.